The van der Waals surface area contributed by atoms with E-state index in [-0.39, 0.29) is 11.9 Å². The largest absolute Gasteiger partial charge is 0.327 e. The van der Waals surface area contributed by atoms with Crippen molar-refractivity contribution in [3.05, 3.63) is 35.9 Å². The molecule has 1 aromatic rings. The van der Waals surface area contributed by atoms with Gasteiger partial charge < -0.3 is 4.90 Å². The fourth-order valence-corrected chi connectivity index (χ4v) is 3.08. The molecule has 2 saturated heterocycles. The zero-order chi connectivity index (χ0) is 13.5. The van der Waals surface area contributed by atoms with Crippen molar-refractivity contribution in [1.29, 1.82) is 0 Å². The quantitative estimate of drug-likeness (QED) is 0.764. The lowest BCUT2D eigenvalue weighted by Crippen LogP contribution is -2.49. The minimum absolute atomic E-state index is 0.0407. The lowest BCUT2D eigenvalue weighted by Gasteiger charge is -2.35. The maximum atomic E-state index is 12.5. The highest BCUT2D eigenvalue weighted by Gasteiger charge is 2.54. The number of benzene rings is 1. The Labute approximate surface area is 113 Å². The molecule has 19 heavy (non-hydrogen) atoms. The predicted molar refractivity (Wildman–Crippen MR) is 71.4 cm³/mol. The first-order valence-corrected chi connectivity index (χ1v) is 6.80. The number of carbonyl (C=O) groups excluding carboxylic acids is 2. The molecule has 0 spiro atoms. The van der Waals surface area contributed by atoms with Gasteiger partial charge in [0.1, 0.15) is 5.54 Å². The third-order valence-electron chi connectivity index (χ3n) is 4.24. The molecule has 3 amide bonds. The van der Waals surface area contributed by atoms with Crippen molar-refractivity contribution in [2.24, 2.45) is 0 Å². The van der Waals surface area contributed by atoms with Crippen LogP contribution in [0.25, 0.3) is 0 Å². The second kappa shape index (κ2) is 4.37. The summed E-state index contributed by atoms with van der Waals surface area (Å²) in [6.45, 7) is 2.98. The Hall–Kier alpha value is -1.84. The third kappa shape index (κ3) is 1.82. The van der Waals surface area contributed by atoms with Gasteiger partial charge in [0, 0.05) is 6.54 Å². The van der Waals surface area contributed by atoms with E-state index in [1.54, 1.807) is 4.90 Å². The summed E-state index contributed by atoms with van der Waals surface area (Å²) >= 11 is 0. The van der Waals surface area contributed by atoms with Crippen molar-refractivity contribution in [3.8, 4) is 0 Å². The maximum absolute atomic E-state index is 12.5. The van der Waals surface area contributed by atoms with E-state index < -0.39 is 5.54 Å². The molecule has 0 saturated carbocycles. The summed E-state index contributed by atoms with van der Waals surface area (Å²) in [5.41, 5.74) is 0.386. The van der Waals surface area contributed by atoms with Crippen LogP contribution in [-0.2, 0) is 11.3 Å². The molecule has 0 aromatic heterocycles. The zero-order valence-electron chi connectivity index (χ0n) is 11.1. The number of urea groups is 1. The van der Waals surface area contributed by atoms with E-state index in [1.807, 2.05) is 37.3 Å². The lowest BCUT2D eigenvalue weighted by atomic mass is 9.89. The van der Waals surface area contributed by atoms with E-state index in [9.17, 15) is 9.59 Å². The van der Waals surface area contributed by atoms with Gasteiger partial charge in [-0.25, -0.2) is 4.79 Å². The normalized spacial score (nSPS) is 26.8. The SMILES string of the molecule is CC12CCCCN1C(=O)N(Cc1ccccc1)C2=O. The second-order valence-electron chi connectivity index (χ2n) is 5.54. The summed E-state index contributed by atoms with van der Waals surface area (Å²) in [5.74, 6) is -0.0407. The molecule has 2 heterocycles. The van der Waals surface area contributed by atoms with E-state index in [0.717, 1.165) is 24.8 Å². The Bertz CT molecular complexity index is 514. The molecule has 0 bridgehead atoms. The van der Waals surface area contributed by atoms with E-state index >= 15 is 0 Å². The van der Waals surface area contributed by atoms with Crippen LogP contribution < -0.4 is 0 Å². The first-order chi connectivity index (χ1) is 9.13. The van der Waals surface area contributed by atoms with Crippen LogP contribution in [0.5, 0.6) is 0 Å². The highest BCUT2D eigenvalue weighted by molar-refractivity contribution is 6.06. The van der Waals surface area contributed by atoms with Gasteiger partial charge in [0.2, 0.25) is 0 Å². The Morgan fingerprint density at radius 2 is 1.89 bits per heavy atom. The standard InChI is InChI=1S/C15H18N2O2/c1-15-9-5-6-10-17(15)14(19)16(13(15)18)11-12-7-3-2-4-8-12/h2-4,7-8H,5-6,9-11H2,1H3. The molecule has 2 aliphatic heterocycles. The van der Waals surface area contributed by atoms with Crippen LogP contribution in [-0.4, -0.2) is 33.8 Å². The molecule has 2 fully saturated rings. The summed E-state index contributed by atoms with van der Waals surface area (Å²) in [5, 5.41) is 0. The monoisotopic (exact) mass is 258 g/mol. The summed E-state index contributed by atoms with van der Waals surface area (Å²) < 4.78 is 0. The number of rotatable bonds is 2. The molecule has 4 nitrogen and oxygen atoms in total. The molecule has 3 rings (SSSR count). The number of nitrogens with zero attached hydrogens (tertiary/aromatic N) is 2. The van der Waals surface area contributed by atoms with Crippen LogP contribution in [0, 0.1) is 0 Å². The molecule has 2 aliphatic rings. The van der Waals surface area contributed by atoms with Gasteiger partial charge in [-0.15, -0.1) is 0 Å². The number of carbonyl (C=O) groups is 2. The van der Waals surface area contributed by atoms with Crippen molar-refractivity contribution in [1.82, 2.24) is 9.80 Å². The average Bonchev–Trinajstić information content (AvgIpc) is 2.62. The van der Waals surface area contributed by atoms with Gasteiger partial charge in [-0.1, -0.05) is 30.3 Å². The molecule has 0 radical (unpaired) electrons. The van der Waals surface area contributed by atoms with Crippen molar-refractivity contribution < 1.29 is 9.59 Å². The van der Waals surface area contributed by atoms with Crippen molar-refractivity contribution in [2.45, 2.75) is 38.3 Å². The second-order valence-corrected chi connectivity index (χ2v) is 5.54. The smallest absolute Gasteiger partial charge is 0.310 e. The third-order valence-corrected chi connectivity index (χ3v) is 4.24. The van der Waals surface area contributed by atoms with E-state index in [4.69, 9.17) is 0 Å². The van der Waals surface area contributed by atoms with Gasteiger partial charge in [0.25, 0.3) is 5.91 Å². The average molecular weight is 258 g/mol. The fraction of sp³-hybridized carbons (Fsp3) is 0.467. The number of imide groups is 1. The van der Waals surface area contributed by atoms with Crippen molar-refractivity contribution in [2.75, 3.05) is 6.54 Å². The number of hydrogen-bond acceptors (Lipinski definition) is 2. The topological polar surface area (TPSA) is 40.6 Å². The van der Waals surface area contributed by atoms with Crippen LogP contribution in [0.3, 0.4) is 0 Å². The molecule has 4 heteroatoms. The van der Waals surface area contributed by atoms with Gasteiger partial charge in [0.05, 0.1) is 6.54 Å². The van der Waals surface area contributed by atoms with Gasteiger partial charge in [-0.2, -0.15) is 0 Å². The minimum Gasteiger partial charge on any atom is -0.310 e. The van der Waals surface area contributed by atoms with Crippen LogP contribution in [0.15, 0.2) is 30.3 Å². The molecule has 0 N–H and O–H groups in total. The molecule has 100 valence electrons. The van der Waals surface area contributed by atoms with Gasteiger partial charge in [-0.3, -0.25) is 9.69 Å². The molecular weight excluding hydrogens is 240 g/mol. The Balaban J connectivity index is 1.87. The van der Waals surface area contributed by atoms with Crippen molar-refractivity contribution in [3.63, 3.8) is 0 Å². The zero-order valence-corrected chi connectivity index (χ0v) is 11.1. The molecule has 0 aliphatic carbocycles. The molecule has 1 atom stereocenters. The maximum Gasteiger partial charge on any atom is 0.327 e. The number of hydrogen-bond donors (Lipinski definition) is 0. The predicted octanol–water partition coefficient (Wildman–Crippen LogP) is 2.39. The fourth-order valence-electron chi connectivity index (χ4n) is 3.08. The summed E-state index contributed by atoms with van der Waals surface area (Å²) in [4.78, 5) is 28.1. The molecular formula is C15H18N2O2. The Morgan fingerprint density at radius 1 is 1.16 bits per heavy atom. The van der Waals surface area contributed by atoms with Gasteiger partial charge >= 0.3 is 6.03 Å². The van der Waals surface area contributed by atoms with Gasteiger partial charge in [0.15, 0.2) is 0 Å². The number of fused-ring (bicyclic) bond motifs is 1. The lowest BCUT2D eigenvalue weighted by molar-refractivity contribution is -0.134. The summed E-state index contributed by atoms with van der Waals surface area (Å²) in [6.07, 6.45) is 2.79. The Morgan fingerprint density at radius 3 is 2.58 bits per heavy atom. The molecule has 1 unspecified atom stereocenters. The highest BCUT2D eigenvalue weighted by atomic mass is 16.2. The first-order valence-electron chi connectivity index (χ1n) is 6.80. The van der Waals surface area contributed by atoms with E-state index in [0.29, 0.717) is 13.1 Å². The molecule has 1 aromatic carbocycles. The Kier molecular flexibility index (Phi) is 2.81. The summed E-state index contributed by atoms with van der Waals surface area (Å²) in [6, 6.07) is 9.54. The number of amides is 3. The van der Waals surface area contributed by atoms with Crippen LogP contribution in [0.2, 0.25) is 0 Å². The number of piperidine rings is 1. The highest BCUT2D eigenvalue weighted by Crippen LogP contribution is 2.36. The van der Waals surface area contributed by atoms with Crippen molar-refractivity contribution >= 4 is 11.9 Å². The van der Waals surface area contributed by atoms with E-state index in [2.05, 4.69) is 0 Å². The van der Waals surface area contributed by atoms with Crippen LogP contribution in [0.1, 0.15) is 31.7 Å². The first kappa shape index (κ1) is 12.2. The van der Waals surface area contributed by atoms with Crippen LogP contribution >= 0.6 is 0 Å². The minimum atomic E-state index is -0.607. The summed E-state index contributed by atoms with van der Waals surface area (Å²) in [7, 11) is 0. The van der Waals surface area contributed by atoms with E-state index in [1.165, 1.54) is 4.90 Å². The van der Waals surface area contributed by atoms with Crippen LogP contribution in [0.4, 0.5) is 4.79 Å². The van der Waals surface area contributed by atoms with Gasteiger partial charge in [-0.05, 0) is 31.7 Å².